The van der Waals surface area contributed by atoms with Crippen molar-refractivity contribution in [2.75, 3.05) is 19.6 Å². The number of hydrogen-bond acceptors (Lipinski definition) is 4. The summed E-state index contributed by atoms with van der Waals surface area (Å²) in [6.45, 7) is 1.06. The summed E-state index contributed by atoms with van der Waals surface area (Å²) in [6.07, 6.45) is 4.84. The van der Waals surface area contributed by atoms with E-state index in [4.69, 9.17) is 5.11 Å². The van der Waals surface area contributed by atoms with Crippen molar-refractivity contribution in [3.63, 3.8) is 0 Å². The number of carbonyl (C=O) groups excluding carboxylic acids is 1. The van der Waals surface area contributed by atoms with E-state index in [0.717, 1.165) is 25.7 Å². The minimum atomic E-state index is -3.63. The highest BCUT2D eigenvalue weighted by Gasteiger charge is 2.50. The highest BCUT2D eigenvalue weighted by Crippen LogP contribution is 2.45. The Kier molecular flexibility index (Phi) is 5.34. The lowest BCUT2D eigenvalue weighted by Gasteiger charge is -2.20. The summed E-state index contributed by atoms with van der Waals surface area (Å²) in [7, 11) is -3.63. The Labute approximate surface area is 153 Å². The van der Waals surface area contributed by atoms with Crippen LogP contribution in [0.4, 0.5) is 0 Å². The highest BCUT2D eigenvalue weighted by atomic mass is 32.2. The Balaban J connectivity index is 1.73. The van der Waals surface area contributed by atoms with Crippen LogP contribution in [0.25, 0.3) is 0 Å². The van der Waals surface area contributed by atoms with Crippen molar-refractivity contribution in [1.82, 2.24) is 9.62 Å². The summed E-state index contributed by atoms with van der Waals surface area (Å²) in [4.78, 5) is 23.6. The maximum atomic E-state index is 12.8. The van der Waals surface area contributed by atoms with Crippen LogP contribution in [0.15, 0.2) is 29.2 Å². The topological polar surface area (TPSA) is 104 Å². The molecule has 0 spiro atoms. The lowest BCUT2D eigenvalue weighted by Crippen LogP contribution is -2.34. The predicted octanol–water partition coefficient (Wildman–Crippen LogP) is 1.85. The molecule has 7 nitrogen and oxygen atoms in total. The molecule has 8 heteroatoms. The summed E-state index contributed by atoms with van der Waals surface area (Å²) in [5.74, 6) is -1.36. The second-order valence-corrected chi connectivity index (χ2v) is 9.05. The van der Waals surface area contributed by atoms with Gasteiger partial charge in [0.1, 0.15) is 0 Å². The maximum Gasteiger partial charge on any atom is 0.311 e. The van der Waals surface area contributed by atoms with E-state index in [2.05, 4.69) is 5.32 Å². The van der Waals surface area contributed by atoms with Gasteiger partial charge in [0.25, 0.3) is 5.91 Å². The minimum Gasteiger partial charge on any atom is -0.481 e. The van der Waals surface area contributed by atoms with E-state index < -0.39 is 27.3 Å². The molecule has 0 unspecified atom stereocenters. The molecule has 26 heavy (non-hydrogen) atoms. The van der Waals surface area contributed by atoms with Gasteiger partial charge in [-0.1, -0.05) is 18.9 Å². The largest absolute Gasteiger partial charge is 0.481 e. The maximum absolute atomic E-state index is 12.8. The molecule has 2 aliphatic rings. The van der Waals surface area contributed by atoms with Crippen LogP contribution in [-0.4, -0.2) is 49.3 Å². The molecule has 1 aromatic rings. The van der Waals surface area contributed by atoms with Crippen LogP contribution in [0.1, 0.15) is 48.9 Å². The van der Waals surface area contributed by atoms with Gasteiger partial charge in [0.15, 0.2) is 0 Å². The van der Waals surface area contributed by atoms with E-state index >= 15 is 0 Å². The first-order chi connectivity index (χ1) is 12.3. The molecule has 2 fully saturated rings. The van der Waals surface area contributed by atoms with E-state index in [1.165, 1.54) is 22.5 Å². The number of aliphatic carboxylic acids is 1. The third kappa shape index (κ3) is 3.91. The molecule has 1 aliphatic heterocycles. The van der Waals surface area contributed by atoms with Gasteiger partial charge < -0.3 is 10.4 Å². The average molecular weight is 380 g/mol. The molecule has 1 amide bonds. The number of hydrogen-bond donors (Lipinski definition) is 2. The predicted molar refractivity (Wildman–Crippen MR) is 95.3 cm³/mol. The smallest absolute Gasteiger partial charge is 0.311 e. The zero-order chi connectivity index (χ0) is 18.8. The number of carboxylic acid groups (broad SMARTS) is 1. The van der Waals surface area contributed by atoms with Crippen molar-refractivity contribution >= 4 is 21.9 Å². The fraction of sp³-hybridized carbons (Fsp3) is 0.556. The molecule has 1 saturated carbocycles. The third-order valence-corrected chi connectivity index (χ3v) is 7.09. The van der Waals surface area contributed by atoms with Crippen molar-refractivity contribution in [2.24, 2.45) is 5.41 Å². The first-order valence-electron chi connectivity index (χ1n) is 8.97. The Morgan fingerprint density at radius 1 is 1.12 bits per heavy atom. The number of benzene rings is 1. The van der Waals surface area contributed by atoms with Crippen LogP contribution in [0.2, 0.25) is 0 Å². The number of nitrogens with zero attached hydrogens (tertiary/aromatic N) is 1. The standard InChI is InChI=1S/C18H24N2O5S/c21-16(19-13-18(8-9-18)17(22)23)14-6-5-7-15(12-14)26(24,25)20-10-3-1-2-4-11-20/h5-7,12H,1-4,8-11,13H2,(H,19,21)(H,22,23). The Bertz CT molecular complexity index is 794. The van der Waals surface area contributed by atoms with E-state index in [0.29, 0.717) is 25.9 Å². The van der Waals surface area contributed by atoms with Crippen LogP contribution in [0.3, 0.4) is 0 Å². The zero-order valence-corrected chi connectivity index (χ0v) is 15.4. The molecule has 0 bridgehead atoms. The Morgan fingerprint density at radius 2 is 1.77 bits per heavy atom. The van der Waals surface area contributed by atoms with Crippen LogP contribution in [0, 0.1) is 5.41 Å². The molecule has 3 rings (SSSR count). The van der Waals surface area contributed by atoms with Gasteiger partial charge in [0.05, 0.1) is 10.3 Å². The fourth-order valence-corrected chi connectivity index (χ4v) is 4.76. The average Bonchev–Trinajstić information content (AvgIpc) is 3.44. The normalized spacial score (nSPS) is 20.2. The van der Waals surface area contributed by atoms with E-state index in [9.17, 15) is 18.0 Å². The molecule has 0 atom stereocenters. The Hall–Kier alpha value is -1.93. The quantitative estimate of drug-likeness (QED) is 0.784. The number of nitrogens with one attached hydrogen (secondary N) is 1. The van der Waals surface area contributed by atoms with Gasteiger partial charge in [0.2, 0.25) is 10.0 Å². The molecular weight excluding hydrogens is 356 g/mol. The SMILES string of the molecule is O=C(NCC1(C(=O)O)CC1)c1cccc(S(=O)(=O)N2CCCCCC2)c1. The second-order valence-electron chi connectivity index (χ2n) is 7.11. The summed E-state index contributed by atoms with van der Waals surface area (Å²) < 4.78 is 27.2. The molecule has 1 heterocycles. The zero-order valence-electron chi connectivity index (χ0n) is 14.6. The molecular formula is C18H24N2O5S. The first-order valence-corrected chi connectivity index (χ1v) is 10.4. The minimum absolute atomic E-state index is 0.0598. The van der Waals surface area contributed by atoms with E-state index in [-0.39, 0.29) is 17.0 Å². The van der Waals surface area contributed by atoms with Crippen LogP contribution < -0.4 is 5.32 Å². The molecule has 0 aromatic heterocycles. The van der Waals surface area contributed by atoms with Crippen molar-refractivity contribution in [1.29, 1.82) is 0 Å². The lowest BCUT2D eigenvalue weighted by molar-refractivity contribution is -0.143. The number of rotatable bonds is 6. The lowest BCUT2D eigenvalue weighted by atomic mass is 10.1. The number of amides is 1. The highest BCUT2D eigenvalue weighted by molar-refractivity contribution is 7.89. The summed E-state index contributed by atoms with van der Waals surface area (Å²) >= 11 is 0. The molecule has 1 aromatic carbocycles. The number of sulfonamides is 1. The van der Waals surface area contributed by atoms with Gasteiger partial charge in [-0.05, 0) is 43.9 Å². The van der Waals surface area contributed by atoms with Gasteiger partial charge in [-0.3, -0.25) is 9.59 Å². The first kappa shape index (κ1) is 18.8. The fourth-order valence-electron chi connectivity index (χ4n) is 3.20. The molecule has 1 saturated heterocycles. The second kappa shape index (κ2) is 7.36. The summed E-state index contributed by atoms with van der Waals surface area (Å²) in [6, 6.07) is 5.95. The van der Waals surface area contributed by atoms with Crippen LogP contribution >= 0.6 is 0 Å². The molecule has 1 aliphatic carbocycles. The van der Waals surface area contributed by atoms with E-state index in [1.54, 1.807) is 6.07 Å². The van der Waals surface area contributed by atoms with Crippen LogP contribution in [-0.2, 0) is 14.8 Å². The molecule has 2 N–H and O–H groups in total. The van der Waals surface area contributed by atoms with Crippen molar-refractivity contribution in [2.45, 2.75) is 43.4 Å². The van der Waals surface area contributed by atoms with Crippen molar-refractivity contribution < 1.29 is 23.1 Å². The monoisotopic (exact) mass is 380 g/mol. The molecule has 0 radical (unpaired) electrons. The van der Waals surface area contributed by atoms with Gasteiger partial charge >= 0.3 is 5.97 Å². The van der Waals surface area contributed by atoms with Crippen molar-refractivity contribution in [3.8, 4) is 0 Å². The van der Waals surface area contributed by atoms with Crippen molar-refractivity contribution in [3.05, 3.63) is 29.8 Å². The van der Waals surface area contributed by atoms with E-state index in [1.807, 2.05) is 0 Å². The summed E-state index contributed by atoms with van der Waals surface area (Å²) in [5, 5.41) is 11.8. The van der Waals surface area contributed by atoms with Gasteiger partial charge in [-0.15, -0.1) is 0 Å². The Morgan fingerprint density at radius 3 is 2.35 bits per heavy atom. The number of carbonyl (C=O) groups is 2. The van der Waals surface area contributed by atoms with Gasteiger partial charge in [-0.2, -0.15) is 4.31 Å². The van der Waals surface area contributed by atoms with Gasteiger partial charge in [0, 0.05) is 25.2 Å². The third-order valence-electron chi connectivity index (χ3n) is 5.19. The van der Waals surface area contributed by atoms with Crippen LogP contribution in [0.5, 0.6) is 0 Å². The number of carboxylic acids is 1. The summed E-state index contributed by atoms with van der Waals surface area (Å²) in [5.41, 5.74) is -0.632. The molecule has 142 valence electrons. The van der Waals surface area contributed by atoms with Gasteiger partial charge in [-0.25, -0.2) is 8.42 Å².